The van der Waals surface area contributed by atoms with Crippen molar-refractivity contribution in [1.29, 1.82) is 0 Å². The Morgan fingerprint density at radius 1 is 1.30 bits per heavy atom. The lowest BCUT2D eigenvalue weighted by molar-refractivity contribution is -0.121. The Balaban J connectivity index is 4.85. The molecule has 0 aliphatic carbocycles. The topological polar surface area (TPSA) is 38.3 Å². The first kappa shape index (κ1) is 20.3. The maximum absolute atomic E-state index is 11.7. The molecule has 20 heavy (non-hydrogen) atoms. The highest BCUT2D eigenvalue weighted by atomic mass is 35.6. The van der Waals surface area contributed by atoms with Gasteiger partial charge in [-0.05, 0) is 25.1 Å². The number of halogens is 3. The van der Waals surface area contributed by atoms with Crippen LogP contribution in [0.2, 0.25) is 18.1 Å². The first-order chi connectivity index (χ1) is 8.72. The Hall–Kier alpha value is 0.257. The number of alkyl halides is 3. The maximum Gasteiger partial charge on any atom is 0.272 e. The summed E-state index contributed by atoms with van der Waals surface area (Å²) in [5.74, 6) is -0.682. The van der Waals surface area contributed by atoms with E-state index in [2.05, 4.69) is 45.8 Å². The van der Waals surface area contributed by atoms with Crippen molar-refractivity contribution in [2.24, 2.45) is 0 Å². The summed E-state index contributed by atoms with van der Waals surface area (Å²) in [5, 5.41) is 2.70. The van der Waals surface area contributed by atoms with Crippen LogP contribution >= 0.6 is 34.8 Å². The van der Waals surface area contributed by atoms with Gasteiger partial charge in [0.1, 0.15) is 0 Å². The molecule has 0 rings (SSSR count). The van der Waals surface area contributed by atoms with Gasteiger partial charge in [0.05, 0.1) is 12.1 Å². The summed E-state index contributed by atoms with van der Waals surface area (Å²) in [6.45, 7) is 16.3. The van der Waals surface area contributed by atoms with Crippen LogP contribution in [0, 0.1) is 0 Å². The predicted molar refractivity (Wildman–Crippen MR) is 90.2 cm³/mol. The Bertz CT molecular complexity index is 362. The van der Waals surface area contributed by atoms with Crippen LogP contribution < -0.4 is 5.32 Å². The third kappa shape index (κ3) is 5.94. The Labute approximate surface area is 138 Å². The molecule has 0 bridgehead atoms. The summed E-state index contributed by atoms with van der Waals surface area (Å²) in [6.07, 6.45) is 1.34. The fourth-order valence-corrected chi connectivity index (χ4v) is 2.91. The summed E-state index contributed by atoms with van der Waals surface area (Å²) >= 11 is 16.6. The van der Waals surface area contributed by atoms with E-state index in [9.17, 15) is 4.79 Å². The molecule has 3 nitrogen and oxygen atoms in total. The van der Waals surface area contributed by atoms with E-state index in [0.717, 1.165) is 0 Å². The van der Waals surface area contributed by atoms with Crippen molar-refractivity contribution >= 4 is 49.0 Å². The van der Waals surface area contributed by atoms with E-state index in [0.29, 0.717) is 0 Å². The molecule has 2 atom stereocenters. The average molecular weight is 361 g/mol. The van der Waals surface area contributed by atoms with Crippen LogP contribution in [0.25, 0.3) is 0 Å². The molecule has 0 fully saturated rings. The van der Waals surface area contributed by atoms with Crippen molar-refractivity contribution in [2.45, 2.75) is 61.8 Å². The number of rotatable bonds is 5. The van der Waals surface area contributed by atoms with Gasteiger partial charge in [0.15, 0.2) is 8.32 Å². The fourth-order valence-electron chi connectivity index (χ4n) is 1.32. The minimum absolute atomic E-state index is 0.0756. The number of hydrogen-bond donors (Lipinski definition) is 1. The van der Waals surface area contributed by atoms with Crippen LogP contribution in [-0.2, 0) is 9.22 Å². The third-order valence-electron chi connectivity index (χ3n) is 3.60. The lowest BCUT2D eigenvalue weighted by atomic mass is 10.2. The summed E-state index contributed by atoms with van der Waals surface area (Å²) in [6, 6.07) is -0.410. The van der Waals surface area contributed by atoms with Crippen molar-refractivity contribution < 1.29 is 9.22 Å². The SMILES string of the molecule is C=C[C@H](NC(=O)C(Cl)(Cl)Cl)[C@H](C)O[Si](C)(C)C(C)(C)C. The van der Waals surface area contributed by atoms with E-state index in [1.807, 2.05) is 6.92 Å². The molecule has 118 valence electrons. The third-order valence-corrected chi connectivity index (χ3v) is 8.69. The number of nitrogens with one attached hydrogen (secondary N) is 1. The van der Waals surface area contributed by atoms with E-state index < -0.39 is 24.1 Å². The van der Waals surface area contributed by atoms with Crippen LogP contribution in [0.3, 0.4) is 0 Å². The first-order valence-electron chi connectivity index (χ1n) is 6.40. The normalized spacial score (nSPS) is 16.4. The Kier molecular flexibility index (Phi) is 7.10. The zero-order chi connectivity index (χ0) is 16.4. The van der Waals surface area contributed by atoms with Crippen molar-refractivity contribution in [3.63, 3.8) is 0 Å². The molecule has 0 aliphatic heterocycles. The van der Waals surface area contributed by atoms with Gasteiger partial charge >= 0.3 is 0 Å². The highest BCUT2D eigenvalue weighted by Crippen LogP contribution is 2.37. The van der Waals surface area contributed by atoms with Crippen molar-refractivity contribution in [1.82, 2.24) is 5.32 Å². The Morgan fingerprint density at radius 3 is 2.05 bits per heavy atom. The molecule has 7 heteroatoms. The van der Waals surface area contributed by atoms with Gasteiger partial charge in [0, 0.05) is 0 Å². The number of carbonyl (C=O) groups is 1. The molecule has 0 heterocycles. The standard InChI is InChI=1S/C13H24Cl3NO2Si/c1-8-10(17-11(18)13(14,15)16)9(2)19-20(6,7)12(3,4)5/h8-10H,1H2,2-7H3,(H,17,18)/t9-,10-/m0/s1. The van der Waals surface area contributed by atoms with Gasteiger partial charge in [-0.2, -0.15) is 0 Å². The number of amides is 1. The van der Waals surface area contributed by atoms with Crippen molar-refractivity contribution in [3.8, 4) is 0 Å². The largest absolute Gasteiger partial charge is 0.412 e. The van der Waals surface area contributed by atoms with Crippen molar-refractivity contribution in [3.05, 3.63) is 12.7 Å². The molecule has 0 aromatic carbocycles. The minimum atomic E-state index is -1.99. The first-order valence-corrected chi connectivity index (χ1v) is 10.4. The maximum atomic E-state index is 11.7. The summed E-state index contributed by atoms with van der Waals surface area (Å²) < 4.78 is 4.20. The molecule has 0 saturated carbocycles. The van der Waals surface area contributed by atoms with Gasteiger partial charge in [0.2, 0.25) is 0 Å². The molecule has 0 aromatic heterocycles. The fraction of sp³-hybridized carbons (Fsp3) is 0.769. The lowest BCUT2D eigenvalue weighted by Gasteiger charge is -2.40. The van der Waals surface area contributed by atoms with Gasteiger partial charge in [-0.3, -0.25) is 4.79 Å². The van der Waals surface area contributed by atoms with E-state index in [4.69, 9.17) is 39.2 Å². The monoisotopic (exact) mass is 359 g/mol. The second kappa shape index (κ2) is 7.01. The molecule has 0 radical (unpaired) electrons. The highest BCUT2D eigenvalue weighted by molar-refractivity contribution is 6.76. The van der Waals surface area contributed by atoms with Gasteiger partial charge in [-0.1, -0.05) is 61.7 Å². The van der Waals surface area contributed by atoms with E-state index in [-0.39, 0.29) is 11.1 Å². The summed E-state index contributed by atoms with van der Waals surface area (Å²) in [4.78, 5) is 11.7. The van der Waals surface area contributed by atoms with Crippen LogP contribution in [0.4, 0.5) is 0 Å². The summed E-state index contributed by atoms with van der Waals surface area (Å²) in [7, 11) is -1.94. The van der Waals surface area contributed by atoms with Crippen LogP contribution in [0.1, 0.15) is 27.7 Å². The molecule has 1 N–H and O–H groups in total. The van der Waals surface area contributed by atoms with Crippen LogP contribution in [-0.4, -0.2) is 30.2 Å². The average Bonchev–Trinajstić information content (AvgIpc) is 2.21. The molecule has 0 aromatic rings. The van der Waals surface area contributed by atoms with E-state index in [1.54, 1.807) is 6.08 Å². The highest BCUT2D eigenvalue weighted by Gasteiger charge is 2.40. The number of hydrogen-bond acceptors (Lipinski definition) is 2. The van der Waals surface area contributed by atoms with Crippen molar-refractivity contribution in [2.75, 3.05) is 0 Å². The quantitative estimate of drug-likeness (QED) is 0.447. The second-order valence-electron chi connectivity index (χ2n) is 6.32. The molecule has 0 spiro atoms. The summed E-state index contributed by atoms with van der Waals surface area (Å²) in [5.41, 5.74) is 0. The van der Waals surface area contributed by atoms with E-state index in [1.165, 1.54) is 0 Å². The van der Waals surface area contributed by atoms with Crippen LogP contribution in [0.15, 0.2) is 12.7 Å². The van der Waals surface area contributed by atoms with Gasteiger partial charge in [0.25, 0.3) is 9.70 Å². The van der Waals surface area contributed by atoms with E-state index >= 15 is 0 Å². The predicted octanol–water partition coefficient (Wildman–Crippen LogP) is 4.44. The molecular weight excluding hydrogens is 337 g/mol. The van der Waals surface area contributed by atoms with Gasteiger partial charge in [-0.25, -0.2) is 0 Å². The van der Waals surface area contributed by atoms with Gasteiger partial charge in [-0.15, -0.1) is 6.58 Å². The Morgan fingerprint density at radius 2 is 1.75 bits per heavy atom. The second-order valence-corrected chi connectivity index (χ2v) is 13.4. The molecule has 1 amide bonds. The van der Waals surface area contributed by atoms with Crippen LogP contribution in [0.5, 0.6) is 0 Å². The minimum Gasteiger partial charge on any atom is -0.412 e. The zero-order valence-electron chi connectivity index (χ0n) is 12.9. The van der Waals surface area contributed by atoms with Gasteiger partial charge < -0.3 is 9.74 Å². The lowest BCUT2D eigenvalue weighted by Crippen LogP contribution is -2.51. The number of carbonyl (C=O) groups excluding carboxylic acids is 1. The zero-order valence-corrected chi connectivity index (χ0v) is 16.2. The molecule has 0 unspecified atom stereocenters. The molecular formula is C13H24Cl3NO2Si. The molecule has 0 saturated heterocycles. The molecule has 0 aliphatic rings. The smallest absolute Gasteiger partial charge is 0.272 e.